The third kappa shape index (κ3) is 6.40. The number of nitrogens with zero attached hydrogens (tertiary/aromatic N) is 2. The predicted molar refractivity (Wildman–Crippen MR) is 133 cm³/mol. The molecule has 0 spiro atoms. The summed E-state index contributed by atoms with van der Waals surface area (Å²) >= 11 is 6.10. The van der Waals surface area contributed by atoms with Crippen LogP contribution in [0.15, 0.2) is 72.4 Å². The number of amides is 2. The van der Waals surface area contributed by atoms with Crippen LogP contribution in [0.1, 0.15) is 12.5 Å². The van der Waals surface area contributed by atoms with E-state index in [9.17, 15) is 31.9 Å². The third-order valence-corrected chi connectivity index (χ3v) is 5.95. The molecule has 2 amide bonds. The van der Waals surface area contributed by atoms with E-state index in [1.54, 1.807) is 24.3 Å². The summed E-state index contributed by atoms with van der Waals surface area (Å²) in [5, 5.41) is -0.296. The van der Waals surface area contributed by atoms with Crippen LogP contribution >= 0.6 is 11.6 Å². The van der Waals surface area contributed by atoms with Crippen LogP contribution in [0.4, 0.5) is 23.2 Å². The number of carbonyl (C=O) groups is 3. The van der Waals surface area contributed by atoms with Gasteiger partial charge in [0, 0.05) is 18.3 Å². The molecule has 208 valence electrons. The Morgan fingerprint density at radius 1 is 1.07 bits per heavy atom. The van der Waals surface area contributed by atoms with Crippen molar-refractivity contribution >= 4 is 35.1 Å². The number of halogens is 5. The fraction of sp³-hybridized carbons (Fsp3) is 0.185. The predicted octanol–water partition coefficient (Wildman–Crippen LogP) is 5.79. The van der Waals surface area contributed by atoms with Gasteiger partial charge in [-0.3, -0.25) is 9.59 Å². The molecule has 1 aromatic heterocycles. The van der Waals surface area contributed by atoms with Gasteiger partial charge in [0.15, 0.2) is 12.4 Å². The van der Waals surface area contributed by atoms with Crippen molar-refractivity contribution in [2.45, 2.75) is 19.7 Å². The van der Waals surface area contributed by atoms with E-state index in [4.69, 9.17) is 25.8 Å². The Bertz CT molecular complexity index is 1480. The van der Waals surface area contributed by atoms with Crippen molar-refractivity contribution < 1.29 is 46.2 Å². The first kappa shape index (κ1) is 28.6. The summed E-state index contributed by atoms with van der Waals surface area (Å²) in [6.07, 6.45) is -3.34. The molecule has 1 aliphatic rings. The van der Waals surface area contributed by atoms with E-state index >= 15 is 0 Å². The molecule has 0 saturated carbocycles. The molecule has 13 heteroatoms. The lowest BCUT2D eigenvalue weighted by Crippen LogP contribution is -2.46. The molecule has 3 aromatic rings. The second-order valence-electron chi connectivity index (χ2n) is 8.41. The van der Waals surface area contributed by atoms with Crippen LogP contribution in [0, 0.1) is 11.7 Å². The first-order valence-corrected chi connectivity index (χ1v) is 11.9. The number of aromatic nitrogens is 1. The molecule has 40 heavy (non-hydrogen) atoms. The monoisotopic (exact) mass is 578 g/mol. The zero-order valence-electron chi connectivity index (χ0n) is 20.6. The number of esters is 1. The van der Waals surface area contributed by atoms with E-state index in [2.05, 4.69) is 4.98 Å². The topological polar surface area (TPSA) is 95.0 Å². The fourth-order valence-electron chi connectivity index (χ4n) is 3.68. The summed E-state index contributed by atoms with van der Waals surface area (Å²) in [6.45, 7) is 0.441. The maximum atomic E-state index is 14.8. The summed E-state index contributed by atoms with van der Waals surface area (Å²) in [5.41, 5.74) is -1.25. The Kier molecular flexibility index (Phi) is 8.38. The highest BCUT2D eigenvalue weighted by atomic mass is 35.5. The molecule has 0 aliphatic carbocycles. The Morgan fingerprint density at radius 2 is 1.80 bits per heavy atom. The van der Waals surface area contributed by atoms with E-state index in [0.717, 1.165) is 24.6 Å². The lowest BCUT2D eigenvalue weighted by atomic mass is 9.94. The van der Waals surface area contributed by atoms with E-state index in [1.807, 2.05) is 6.07 Å². The van der Waals surface area contributed by atoms with E-state index < -0.39 is 53.6 Å². The van der Waals surface area contributed by atoms with E-state index in [-0.39, 0.29) is 40.0 Å². The molecule has 8 nitrogen and oxygen atoms in total. The SMILES string of the molecule is CC1C(=O)N(c2cc(Oc3cccnc3OCC(=O)OCc3ccccc3)c(Cl)cc2F)C(=O)C=C1C(F)(F)F. The van der Waals surface area contributed by atoms with Gasteiger partial charge in [-0.2, -0.15) is 13.2 Å². The van der Waals surface area contributed by atoms with Gasteiger partial charge in [-0.1, -0.05) is 41.9 Å². The molecular weight excluding hydrogens is 560 g/mol. The van der Waals surface area contributed by atoms with Crippen molar-refractivity contribution in [1.29, 1.82) is 0 Å². The lowest BCUT2D eigenvalue weighted by Gasteiger charge is -2.30. The number of pyridine rings is 1. The maximum Gasteiger partial charge on any atom is 0.413 e. The number of hydrogen-bond donors (Lipinski definition) is 0. The molecule has 0 saturated heterocycles. The number of hydrogen-bond acceptors (Lipinski definition) is 7. The molecule has 0 bridgehead atoms. The molecule has 4 rings (SSSR count). The highest BCUT2D eigenvalue weighted by molar-refractivity contribution is 6.32. The fourth-order valence-corrected chi connectivity index (χ4v) is 3.87. The van der Waals surface area contributed by atoms with Crippen LogP contribution in [-0.2, 0) is 25.7 Å². The van der Waals surface area contributed by atoms with Gasteiger partial charge in [0.1, 0.15) is 18.2 Å². The number of ether oxygens (including phenoxy) is 3. The Balaban J connectivity index is 1.53. The highest BCUT2D eigenvalue weighted by Crippen LogP contribution is 2.41. The number of anilines is 1. The molecule has 1 aliphatic heterocycles. The summed E-state index contributed by atoms with van der Waals surface area (Å²) in [4.78, 5) is 41.6. The van der Waals surface area contributed by atoms with Crippen molar-refractivity contribution in [3.8, 4) is 17.4 Å². The Morgan fingerprint density at radius 3 is 2.50 bits per heavy atom. The van der Waals surface area contributed by atoms with Gasteiger partial charge in [-0.15, -0.1) is 0 Å². The molecular formula is C27H19ClF4N2O6. The third-order valence-electron chi connectivity index (χ3n) is 5.65. The minimum Gasteiger partial charge on any atom is -0.463 e. The Labute approximate surface area is 229 Å². The smallest absolute Gasteiger partial charge is 0.413 e. The summed E-state index contributed by atoms with van der Waals surface area (Å²) < 4.78 is 70.7. The average Bonchev–Trinajstić information content (AvgIpc) is 2.91. The molecule has 2 heterocycles. The summed E-state index contributed by atoms with van der Waals surface area (Å²) in [6, 6.07) is 13.4. The molecule has 0 N–H and O–H groups in total. The molecule has 1 unspecified atom stereocenters. The van der Waals surface area contributed by atoms with Crippen molar-refractivity contribution in [1.82, 2.24) is 4.98 Å². The highest BCUT2D eigenvalue weighted by Gasteiger charge is 2.46. The zero-order valence-corrected chi connectivity index (χ0v) is 21.3. The van der Waals surface area contributed by atoms with Gasteiger partial charge < -0.3 is 14.2 Å². The maximum absolute atomic E-state index is 14.8. The first-order valence-electron chi connectivity index (χ1n) is 11.6. The van der Waals surface area contributed by atoms with Gasteiger partial charge in [-0.05, 0) is 30.7 Å². The van der Waals surface area contributed by atoms with Crippen molar-refractivity contribution in [2.75, 3.05) is 11.5 Å². The van der Waals surface area contributed by atoms with Crippen LogP contribution in [0.2, 0.25) is 5.02 Å². The van der Waals surface area contributed by atoms with Gasteiger partial charge in [0.2, 0.25) is 5.91 Å². The zero-order chi connectivity index (χ0) is 29.0. The minimum atomic E-state index is -4.92. The summed E-state index contributed by atoms with van der Waals surface area (Å²) in [7, 11) is 0. The van der Waals surface area contributed by atoms with Crippen molar-refractivity contribution in [3.05, 3.63) is 88.8 Å². The van der Waals surface area contributed by atoms with Gasteiger partial charge in [0.05, 0.1) is 22.2 Å². The first-order chi connectivity index (χ1) is 19.0. The number of imide groups is 1. The van der Waals surface area contributed by atoms with Crippen LogP contribution in [-0.4, -0.2) is 35.6 Å². The molecule has 0 fully saturated rings. The van der Waals surface area contributed by atoms with E-state index in [1.165, 1.54) is 18.3 Å². The molecule has 1 atom stereocenters. The van der Waals surface area contributed by atoms with Crippen LogP contribution in [0.25, 0.3) is 0 Å². The van der Waals surface area contributed by atoms with Gasteiger partial charge >= 0.3 is 12.1 Å². The van der Waals surface area contributed by atoms with Crippen molar-refractivity contribution in [3.63, 3.8) is 0 Å². The van der Waals surface area contributed by atoms with Crippen LogP contribution in [0.3, 0.4) is 0 Å². The van der Waals surface area contributed by atoms with Gasteiger partial charge in [0.25, 0.3) is 11.8 Å². The second kappa shape index (κ2) is 11.7. The minimum absolute atomic E-state index is 0.0226. The standard InChI is InChI=1S/C27H19ClF4N2O6/c1-15-17(27(30,31)32)10-23(35)34(26(15)37)20-12-22(18(28)11-19(20)29)40-21-8-5-9-33-25(21)39-14-24(36)38-13-16-6-3-2-4-7-16/h2-12,15H,13-14H2,1H3. The number of carbonyl (C=O) groups excluding carboxylic acids is 3. The van der Waals surface area contributed by atoms with Gasteiger partial charge in [-0.25, -0.2) is 19.1 Å². The van der Waals surface area contributed by atoms with Crippen LogP contribution in [0.5, 0.6) is 17.4 Å². The largest absolute Gasteiger partial charge is 0.463 e. The van der Waals surface area contributed by atoms with Crippen LogP contribution < -0.4 is 14.4 Å². The Hall–Kier alpha value is -4.45. The second-order valence-corrected chi connectivity index (χ2v) is 8.82. The average molecular weight is 579 g/mol. The molecule has 0 radical (unpaired) electrons. The number of alkyl halides is 3. The number of benzene rings is 2. The quantitative estimate of drug-likeness (QED) is 0.190. The lowest BCUT2D eigenvalue weighted by molar-refractivity contribution is -0.147. The molecule has 2 aromatic carbocycles. The summed E-state index contributed by atoms with van der Waals surface area (Å²) in [5.74, 6) is -6.82. The van der Waals surface area contributed by atoms with E-state index in [0.29, 0.717) is 0 Å². The van der Waals surface area contributed by atoms with Crippen molar-refractivity contribution in [2.24, 2.45) is 5.92 Å². The normalized spacial score (nSPS) is 15.5. The number of rotatable bonds is 8.